The van der Waals surface area contributed by atoms with Gasteiger partial charge in [0.2, 0.25) is 0 Å². The highest BCUT2D eigenvalue weighted by Gasteiger charge is 2.60. The molecule has 1 unspecified atom stereocenters. The zero-order valence-electron chi connectivity index (χ0n) is 21.5. The van der Waals surface area contributed by atoms with Gasteiger partial charge in [-0.05, 0) is 103 Å². The minimum atomic E-state index is -0.0230. The van der Waals surface area contributed by atoms with Crippen molar-refractivity contribution in [3.8, 4) is 0 Å². The molecule has 0 aliphatic heterocycles. The summed E-state index contributed by atoms with van der Waals surface area (Å²) in [4.78, 5) is 13.3. The van der Waals surface area contributed by atoms with Gasteiger partial charge in [0, 0.05) is 12.0 Å². The lowest BCUT2D eigenvalue weighted by Gasteiger charge is -2.58. The van der Waals surface area contributed by atoms with E-state index in [0.717, 1.165) is 48.5 Å². The predicted octanol–water partition coefficient (Wildman–Crippen LogP) is 7.67. The van der Waals surface area contributed by atoms with E-state index in [9.17, 15) is 10.0 Å². The molecule has 4 aliphatic carbocycles. The number of nitrogens with zero attached hydrogens (tertiary/aromatic N) is 1. The van der Waals surface area contributed by atoms with E-state index in [4.69, 9.17) is 0 Å². The molecule has 1 N–H and O–H groups in total. The fourth-order valence-electron chi connectivity index (χ4n) is 9.14. The third-order valence-corrected chi connectivity index (χ3v) is 11.2. The maximum absolute atomic E-state index is 13.3. The van der Waals surface area contributed by atoms with Gasteiger partial charge in [0.25, 0.3) is 0 Å². The average Bonchev–Trinajstić information content (AvgIpc) is 3.11. The Morgan fingerprint density at radius 3 is 2.50 bits per heavy atom. The van der Waals surface area contributed by atoms with E-state index in [0.29, 0.717) is 34.7 Å². The summed E-state index contributed by atoms with van der Waals surface area (Å²) in [6, 6.07) is 0. The van der Waals surface area contributed by atoms with Crippen LogP contribution in [0.1, 0.15) is 106 Å². The smallest absolute Gasteiger partial charge is 0.159 e. The number of Topliss-reactive ketones (excluding diaryl/α,β-unsaturated/α-hetero) is 1. The number of oxime groups is 1. The summed E-state index contributed by atoms with van der Waals surface area (Å²) in [6.07, 6.45) is 13.7. The Kier molecular flexibility index (Phi) is 6.69. The van der Waals surface area contributed by atoms with E-state index in [2.05, 4.69) is 46.7 Å². The third kappa shape index (κ3) is 3.80. The molecule has 8 atom stereocenters. The van der Waals surface area contributed by atoms with Crippen molar-refractivity contribution < 1.29 is 10.0 Å². The molecule has 0 amide bonds. The Hall–Kier alpha value is -1.12. The summed E-state index contributed by atoms with van der Waals surface area (Å²) < 4.78 is 0. The molecular formula is C29H47NO2. The molecular weight excluding hydrogens is 394 g/mol. The first kappa shape index (κ1) is 24.0. The number of carbonyl (C=O) groups excluding carboxylic acids is 1. The Morgan fingerprint density at radius 1 is 1.09 bits per heavy atom. The quantitative estimate of drug-likeness (QED) is 0.339. The van der Waals surface area contributed by atoms with Gasteiger partial charge >= 0.3 is 0 Å². The average molecular weight is 442 g/mol. The zero-order valence-corrected chi connectivity index (χ0v) is 21.5. The van der Waals surface area contributed by atoms with Crippen LogP contribution in [0.2, 0.25) is 0 Å². The summed E-state index contributed by atoms with van der Waals surface area (Å²) >= 11 is 0. The number of allylic oxidation sites excluding steroid dienone is 2. The second-order valence-corrected chi connectivity index (χ2v) is 12.8. The highest BCUT2D eigenvalue weighted by molar-refractivity contribution is 6.07. The molecule has 0 heterocycles. The van der Waals surface area contributed by atoms with Gasteiger partial charge < -0.3 is 5.21 Å². The van der Waals surface area contributed by atoms with Crippen molar-refractivity contribution in [2.45, 2.75) is 106 Å². The van der Waals surface area contributed by atoms with Gasteiger partial charge in [-0.2, -0.15) is 0 Å². The maximum atomic E-state index is 13.3. The number of fused-ring (bicyclic) bond motifs is 5. The van der Waals surface area contributed by atoms with E-state index in [1.54, 1.807) is 0 Å². The zero-order chi connectivity index (χ0) is 23.3. The van der Waals surface area contributed by atoms with Crippen LogP contribution in [0.4, 0.5) is 0 Å². The van der Waals surface area contributed by atoms with Gasteiger partial charge in [0.15, 0.2) is 5.78 Å². The summed E-state index contributed by atoms with van der Waals surface area (Å²) in [7, 11) is 0. The van der Waals surface area contributed by atoms with Crippen LogP contribution < -0.4 is 0 Å². The van der Waals surface area contributed by atoms with Gasteiger partial charge in [-0.3, -0.25) is 4.79 Å². The minimum Gasteiger partial charge on any atom is -0.411 e. The molecule has 4 aliphatic rings. The molecule has 0 spiro atoms. The number of hydrogen-bond acceptors (Lipinski definition) is 3. The first-order valence-corrected chi connectivity index (χ1v) is 13.6. The number of carbonyl (C=O) groups is 1. The first-order chi connectivity index (χ1) is 15.2. The molecule has 0 aromatic carbocycles. The van der Waals surface area contributed by atoms with Gasteiger partial charge in [0.05, 0.1) is 5.71 Å². The van der Waals surface area contributed by atoms with Crippen LogP contribution in [0, 0.1) is 52.3 Å². The van der Waals surface area contributed by atoms with Crippen molar-refractivity contribution in [1.29, 1.82) is 0 Å². The molecule has 0 aromatic rings. The molecule has 3 heteroatoms. The minimum absolute atomic E-state index is 0.0230. The van der Waals surface area contributed by atoms with Crippen LogP contribution in [-0.2, 0) is 4.79 Å². The molecule has 3 fully saturated rings. The van der Waals surface area contributed by atoms with Gasteiger partial charge in [-0.25, -0.2) is 0 Å². The fourth-order valence-corrected chi connectivity index (χ4v) is 9.14. The first-order valence-electron chi connectivity index (χ1n) is 13.6. The third-order valence-electron chi connectivity index (χ3n) is 11.2. The van der Waals surface area contributed by atoms with Crippen molar-refractivity contribution >= 4 is 11.5 Å². The van der Waals surface area contributed by atoms with Crippen LogP contribution in [0.3, 0.4) is 0 Å². The number of ketones is 1. The van der Waals surface area contributed by atoms with E-state index in [-0.39, 0.29) is 5.41 Å². The van der Waals surface area contributed by atoms with Crippen molar-refractivity contribution in [1.82, 2.24) is 0 Å². The number of rotatable bonds is 6. The Balaban J connectivity index is 1.52. The normalized spacial score (nSPS) is 42.3. The van der Waals surface area contributed by atoms with Crippen molar-refractivity contribution in [3.05, 3.63) is 11.6 Å². The monoisotopic (exact) mass is 441 g/mol. The van der Waals surface area contributed by atoms with Gasteiger partial charge in [-0.15, -0.1) is 0 Å². The van der Waals surface area contributed by atoms with Crippen LogP contribution >= 0.6 is 0 Å². The van der Waals surface area contributed by atoms with Crippen LogP contribution in [0.15, 0.2) is 16.8 Å². The lowest BCUT2D eigenvalue weighted by atomic mass is 9.46. The summed E-state index contributed by atoms with van der Waals surface area (Å²) in [5.74, 6) is 5.45. The standard InChI is InChI=1S/C29H47NO2/c1-7-20(18(2)3)9-8-19(4)23-10-11-24-22-17-27(31)26-16-21(30-32)12-14-29(26,6)25(22)13-15-28(23,24)5/h16,18-20,22-25,32H,7-15,17H2,1-6H3/t19-,20?,22+,23-,24+,25+,28-,29-/m1/s1. The van der Waals surface area contributed by atoms with E-state index >= 15 is 0 Å². The van der Waals surface area contributed by atoms with E-state index in [1.807, 2.05) is 6.08 Å². The SMILES string of the molecule is CCC(CC[C@@H](C)[C@H]1CC[C@H]2[C@@H]3CC(=O)C4=CC(=NO)CC[C@]4(C)[C@H]3CC[C@]12C)C(C)C. The Morgan fingerprint density at radius 2 is 1.84 bits per heavy atom. The molecule has 0 bridgehead atoms. The predicted molar refractivity (Wildman–Crippen MR) is 132 cm³/mol. The van der Waals surface area contributed by atoms with Crippen LogP contribution in [-0.4, -0.2) is 16.7 Å². The summed E-state index contributed by atoms with van der Waals surface area (Å²) in [6.45, 7) is 14.6. The van der Waals surface area contributed by atoms with Gasteiger partial charge in [0.1, 0.15) is 0 Å². The van der Waals surface area contributed by atoms with E-state index in [1.165, 1.54) is 44.9 Å². The topological polar surface area (TPSA) is 49.7 Å². The molecule has 0 aromatic heterocycles. The van der Waals surface area contributed by atoms with E-state index < -0.39 is 0 Å². The molecule has 180 valence electrons. The lowest BCUT2D eigenvalue weighted by Crippen LogP contribution is -2.53. The lowest BCUT2D eigenvalue weighted by molar-refractivity contribution is -0.128. The summed E-state index contributed by atoms with van der Waals surface area (Å²) in [5, 5.41) is 12.7. The highest BCUT2D eigenvalue weighted by Crippen LogP contribution is 2.67. The molecule has 32 heavy (non-hydrogen) atoms. The van der Waals surface area contributed by atoms with Crippen molar-refractivity contribution in [2.24, 2.45) is 57.4 Å². The second-order valence-electron chi connectivity index (χ2n) is 12.8. The van der Waals surface area contributed by atoms with Crippen molar-refractivity contribution in [2.75, 3.05) is 0 Å². The molecule has 3 saturated carbocycles. The van der Waals surface area contributed by atoms with Crippen LogP contribution in [0.5, 0.6) is 0 Å². The largest absolute Gasteiger partial charge is 0.411 e. The maximum Gasteiger partial charge on any atom is 0.159 e. The fraction of sp³-hybridized carbons (Fsp3) is 0.862. The Labute approximate surface area is 196 Å². The van der Waals surface area contributed by atoms with Crippen molar-refractivity contribution in [3.63, 3.8) is 0 Å². The molecule has 4 rings (SSSR count). The number of hydrogen-bond donors (Lipinski definition) is 1. The molecule has 0 saturated heterocycles. The summed E-state index contributed by atoms with van der Waals surface area (Å²) in [5.41, 5.74) is 2.03. The molecule has 3 nitrogen and oxygen atoms in total. The molecule has 0 radical (unpaired) electrons. The second kappa shape index (κ2) is 8.91. The van der Waals surface area contributed by atoms with Gasteiger partial charge in [-0.1, -0.05) is 59.5 Å². The van der Waals surface area contributed by atoms with Crippen LogP contribution in [0.25, 0.3) is 0 Å². The Bertz CT molecular complexity index is 782. The highest BCUT2D eigenvalue weighted by atomic mass is 16.4.